The van der Waals surface area contributed by atoms with Crippen molar-refractivity contribution in [3.05, 3.63) is 28.0 Å². The molecule has 0 saturated heterocycles. The molecule has 0 aromatic heterocycles. The Balaban J connectivity index is 3.06. The Hall–Kier alpha value is -0.711. The standard InChI is InChI=1S/C13H14BrFO3Se/c1-3-11(13(17)18-4-2)19-12-8(7-16)9(14)5-6-10(12)15/h5-7,11H,3-4H2,1-2H3. The molecule has 0 fully saturated rings. The van der Waals surface area contributed by atoms with Crippen LogP contribution >= 0.6 is 15.9 Å². The van der Waals surface area contributed by atoms with E-state index in [2.05, 4.69) is 15.9 Å². The number of hydrogen-bond donors (Lipinski definition) is 0. The van der Waals surface area contributed by atoms with Crippen LogP contribution in [-0.4, -0.2) is 33.8 Å². The Labute approximate surface area is 126 Å². The van der Waals surface area contributed by atoms with Gasteiger partial charge in [-0.2, -0.15) is 0 Å². The Kier molecular flexibility index (Phi) is 6.69. The molecule has 1 unspecified atom stereocenters. The van der Waals surface area contributed by atoms with Crippen molar-refractivity contribution >= 4 is 47.6 Å². The molecule has 6 heteroatoms. The molecule has 0 bridgehead atoms. The molecule has 0 aliphatic carbocycles. The third-order valence-electron chi connectivity index (χ3n) is 2.39. The predicted octanol–water partition coefficient (Wildman–Crippen LogP) is 2.49. The maximum atomic E-state index is 13.8. The number of rotatable bonds is 6. The van der Waals surface area contributed by atoms with Crippen molar-refractivity contribution in [1.29, 1.82) is 0 Å². The molecule has 0 N–H and O–H groups in total. The second-order valence-corrected chi connectivity index (χ2v) is 7.06. The van der Waals surface area contributed by atoms with E-state index in [1.54, 1.807) is 6.92 Å². The van der Waals surface area contributed by atoms with Crippen LogP contribution in [0.4, 0.5) is 4.39 Å². The quantitative estimate of drug-likeness (QED) is 0.422. The number of carbonyl (C=O) groups excluding carboxylic acids is 2. The van der Waals surface area contributed by atoms with E-state index in [4.69, 9.17) is 4.74 Å². The first-order valence-corrected chi connectivity index (χ1v) is 8.45. The van der Waals surface area contributed by atoms with E-state index in [9.17, 15) is 14.0 Å². The van der Waals surface area contributed by atoms with Crippen LogP contribution in [0.15, 0.2) is 16.6 Å². The molecule has 0 amide bonds. The molecule has 0 spiro atoms. The van der Waals surface area contributed by atoms with Crippen molar-refractivity contribution in [1.82, 2.24) is 0 Å². The van der Waals surface area contributed by atoms with E-state index < -0.39 is 20.8 Å². The van der Waals surface area contributed by atoms with Crippen molar-refractivity contribution < 1.29 is 18.7 Å². The van der Waals surface area contributed by atoms with Crippen molar-refractivity contribution in [3.63, 3.8) is 0 Å². The van der Waals surface area contributed by atoms with Gasteiger partial charge in [-0.25, -0.2) is 0 Å². The number of aldehydes is 1. The first-order chi connectivity index (χ1) is 9.04. The number of hydrogen-bond acceptors (Lipinski definition) is 3. The molecular weight excluding hydrogens is 382 g/mol. The fourth-order valence-corrected chi connectivity index (χ4v) is 4.44. The van der Waals surface area contributed by atoms with Gasteiger partial charge in [0.2, 0.25) is 0 Å². The number of halogens is 2. The van der Waals surface area contributed by atoms with Crippen molar-refractivity contribution in [3.8, 4) is 0 Å². The molecule has 1 aromatic rings. The molecule has 3 nitrogen and oxygen atoms in total. The van der Waals surface area contributed by atoms with E-state index >= 15 is 0 Å². The molecule has 0 aliphatic rings. The van der Waals surface area contributed by atoms with E-state index in [1.165, 1.54) is 12.1 Å². The third-order valence-corrected chi connectivity index (χ3v) is 6.15. The van der Waals surface area contributed by atoms with Gasteiger partial charge in [-0.3, -0.25) is 0 Å². The maximum absolute atomic E-state index is 13.8. The Morgan fingerprint density at radius 2 is 2.21 bits per heavy atom. The van der Waals surface area contributed by atoms with Crippen molar-refractivity contribution in [2.24, 2.45) is 0 Å². The van der Waals surface area contributed by atoms with Gasteiger partial charge in [0.15, 0.2) is 0 Å². The number of ether oxygens (including phenoxy) is 1. The monoisotopic (exact) mass is 396 g/mol. The summed E-state index contributed by atoms with van der Waals surface area (Å²) in [5.41, 5.74) is 0.280. The van der Waals surface area contributed by atoms with Crippen LogP contribution in [0.5, 0.6) is 0 Å². The van der Waals surface area contributed by atoms with Gasteiger partial charge in [-0.1, -0.05) is 0 Å². The van der Waals surface area contributed by atoms with Crippen molar-refractivity contribution in [2.75, 3.05) is 6.61 Å². The fourth-order valence-electron chi connectivity index (χ4n) is 1.45. The molecular formula is C13H14BrFO3Se. The van der Waals surface area contributed by atoms with Gasteiger partial charge in [0.1, 0.15) is 0 Å². The van der Waals surface area contributed by atoms with Crippen molar-refractivity contribution in [2.45, 2.75) is 25.1 Å². The van der Waals surface area contributed by atoms with Crippen LogP contribution in [0.2, 0.25) is 4.82 Å². The Morgan fingerprint density at radius 1 is 1.53 bits per heavy atom. The van der Waals surface area contributed by atoms with Crippen LogP contribution in [0, 0.1) is 5.82 Å². The average Bonchev–Trinajstić information content (AvgIpc) is 2.39. The van der Waals surface area contributed by atoms with Crippen LogP contribution in [0.3, 0.4) is 0 Å². The predicted molar refractivity (Wildman–Crippen MR) is 75.5 cm³/mol. The number of benzene rings is 1. The summed E-state index contributed by atoms with van der Waals surface area (Å²) in [6.07, 6.45) is 1.17. The van der Waals surface area contributed by atoms with Crippen LogP contribution in [-0.2, 0) is 9.53 Å². The molecule has 1 rings (SSSR count). The molecule has 1 atom stereocenters. The Bertz CT molecular complexity index is 479. The van der Waals surface area contributed by atoms with Gasteiger partial charge in [0, 0.05) is 0 Å². The van der Waals surface area contributed by atoms with Gasteiger partial charge in [-0.05, 0) is 0 Å². The van der Waals surface area contributed by atoms with Crippen LogP contribution in [0.1, 0.15) is 30.6 Å². The number of esters is 1. The molecule has 0 aliphatic heterocycles. The topological polar surface area (TPSA) is 43.4 Å². The summed E-state index contributed by atoms with van der Waals surface area (Å²) in [7, 11) is 0. The van der Waals surface area contributed by atoms with Gasteiger partial charge >= 0.3 is 126 Å². The summed E-state index contributed by atoms with van der Waals surface area (Å²) < 4.78 is 19.7. The van der Waals surface area contributed by atoms with Gasteiger partial charge < -0.3 is 0 Å². The third kappa shape index (κ3) is 4.13. The fraction of sp³-hybridized carbons (Fsp3) is 0.385. The zero-order chi connectivity index (χ0) is 14.4. The molecule has 0 radical (unpaired) electrons. The van der Waals surface area contributed by atoms with Gasteiger partial charge in [-0.15, -0.1) is 0 Å². The van der Waals surface area contributed by atoms with E-state index in [0.29, 0.717) is 28.2 Å². The molecule has 0 heterocycles. The van der Waals surface area contributed by atoms with E-state index in [1.807, 2.05) is 6.92 Å². The zero-order valence-electron chi connectivity index (χ0n) is 10.6. The summed E-state index contributed by atoms with van der Waals surface area (Å²) in [6.45, 7) is 3.88. The van der Waals surface area contributed by atoms with Gasteiger partial charge in [0.25, 0.3) is 0 Å². The minimum absolute atomic E-state index is 0.280. The van der Waals surface area contributed by atoms with Gasteiger partial charge in [0.05, 0.1) is 0 Å². The average molecular weight is 396 g/mol. The van der Waals surface area contributed by atoms with Crippen LogP contribution < -0.4 is 4.46 Å². The second-order valence-electron chi connectivity index (χ2n) is 3.66. The molecule has 1 aromatic carbocycles. The first-order valence-electron chi connectivity index (χ1n) is 5.81. The second kappa shape index (κ2) is 7.78. The minimum atomic E-state index is -0.481. The summed E-state index contributed by atoms with van der Waals surface area (Å²) in [4.78, 5) is 22.4. The normalized spacial score (nSPS) is 12.0. The first kappa shape index (κ1) is 16.3. The summed E-state index contributed by atoms with van der Waals surface area (Å²) in [5, 5.41) is 0. The van der Waals surface area contributed by atoms with Crippen LogP contribution in [0.25, 0.3) is 0 Å². The zero-order valence-corrected chi connectivity index (χ0v) is 13.9. The summed E-state index contributed by atoms with van der Waals surface area (Å²) >= 11 is 2.74. The summed E-state index contributed by atoms with van der Waals surface area (Å²) in [6, 6.07) is 2.79. The SMILES string of the molecule is CCOC(=O)C(CC)[Se]c1c(F)ccc(Br)c1C=O. The molecule has 19 heavy (non-hydrogen) atoms. The van der Waals surface area contributed by atoms with E-state index in [0.717, 1.165) is 0 Å². The van der Waals surface area contributed by atoms with E-state index in [-0.39, 0.29) is 16.3 Å². The molecule has 0 saturated carbocycles. The number of carbonyl (C=O) groups is 2. The molecule has 104 valence electrons. The Morgan fingerprint density at radius 3 is 2.74 bits per heavy atom. The summed E-state index contributed by atoms with van der Waals surface area (Å²) in [5.74, 6) is -0.783.